The summed E-state index contributed by atoms with van der Waals surface area (Å²) < 4.78 is 17.4. The van der Waals surface area contributed by atoms with Crippen LogP contribution in [0.2, 0.25) is 0 Å². The molecular weight excluding hydrogens is 838 g/mol. The maximum absolute atomic E-state index is 6.68. The number of hydrogen-bond acceptors (Lipinski definition) is 6. The minimum absolute atomic E-state index is 0. The Morgan fingerprint density at radius 3 is 2.38 bits per heavy atom. The summed E-state index contributed by atoms with van der Waals surface area (Å²) in [5.74, 6) is 4.06. The van der Waals surface area contributed by atoms with Gasteiger partial charge in [-0.05, 0) is 52.9 Å². The Balaban J connectivity index is 0.00000349. The molecule has 11 rings (SSSR count). The van der Waals surface area contributed by atoms with Crippen LogP contribution in [0.15, 0.2) is 156 Å². The molecule has 0 N–H and O–H groups in total. The fraction of sp³-hybridized carbons (Fsp3) is 0. The maximum Gasteiger partial charge on any atom is 2.00 e. The van der Waals surface area contributed by atoms with Gasteiger partial charge in [0.25, 0.3) is 6.71 Å². The molecule has 0 aliphatic carbocycles. The van der Waals surface area contributed by atoms with E-state index in [1.807, 2.05) is 102 Å². The number of fused-ring (bicyclic) bond motifs is 9. The number of para-hydroxylation sites is 3. The molecule has 252 valence electrons. The third-order valence-electron chi connectivity index (χ3n) is 9.76. The van der Waals surface area contributed by atoms with Gasteiger partial charge in [-0.3, -0.25) is 9.47 Å². The zero-order valence-electron chi connectivity index (χ0n) is 27.8. The van der Waals surface area contributed by atoms with E-state index in [1.165, 1.54) is 5.46 Å². The van der Waals surface area contributed by atoms with E-state index in [0.717, 1.165) is 67.1 Å². The van der Waals surface area contributed by atoms with Crippen LogP contribution >= 0.6 is 0 Å². The van der Waals surface area contributed by atoms with E-state index in [4.69, 9.17) is 19.1 Å². The second kappa shape index (κ2) is 12.4. The van der Waals surface area contributed by atoms with Gasteiger partial charge in [0.15, 0.2) is 5.88 Å². The minimum Gasteiger partial charge on any atom is -0.509 e. The largest absolute Gasteiger partial charge is 2.00 e. The van der Waals surface area contributed by atoms with Gasteiger partial charge in [-0.1, -0.05) is 83.9 Å². The molecule has 0 saturated heterocycles. The number of aromatic nitrogens is 5. The molecule has 6 heterocycles. The van der Waals surface area contributed by atoms with E-state index in [0.29, 0.717) is 17.4 Å². The Hall–Kier alpha value is -6.44. The van der Waals surface area contributed by atoms with Gasteiger partial charge in [0.2, 0.25) is 5.78 Å². The average molecular weight is 864 g/mol. The maximum atomic E-state index is 6.68. The van der Waals surface area contributed by atoms with E-state index in [-0.39, 0.29) is 27.8 Å². The van der Waals surface area contributed by atoms with E-state index >= 15 is 0 Å². The van der Waals surface area contributed by atoms with Gasteiger partial charge in [-0.25, -0.2) is 15.0 Å². The van der Waals surface area contributed by atoms with Crippen molar-refractivity contribution in [3.8, 4) is 17.3 Å². The van der Waals surface area contributed by atoms with Crippen LogP contribution in [0.25, 0.3) is 44.6 Å². The summed E-state index contributed by atoms with van der Waals surface area (Å²) in [5, 5.41) is 1.07. The quantitative estimate of drug-likeness (QED) is 0.131. The smallest absolute Gasteiger partial charge is 0.509 e. The first kappa shape index (κ1) is 31.3. The Morgan fingerprint density at radius 1 is 0.660 bits per heavy atom. The number of nitrogens with zero attached hydrogens (tertiary/aromatic N) is 6. The molecule has 0 unspecified atom stereocenters. The van der Waals surface area contributed by atoms with Crippen LogP contribution in [0.3, 0.4) is 0 Å². The van der Waals surface area contributed by atoms with Crippen molar-refractivity contribution in [3.63, 3.8) is 0 Å². The standard InChI is InChI=1S/C43H25BN6O2.Pt/c1-2-12-28(13-3-1)44-33-17-11-25-46-41(33)48(42-40(44)32-16-4-7-20-38(32)52-42)29-14-10-15-30(26-29)51-31-22-23-36-37(27-31)50(39-21-8-9-24-45-39)43-47-34-18-5-6-19-35(34)49(36)43;/h1-25H;/q-2;+2. The number of pyridine rings is 2. The molecule has 5 aromatic heterocycles. The van der Waals surface area contributed by atoms with Gasteiger partial charge in [-0.2, -0.15) is 6.07 Å². The van der Waals surface area contributed by atoms with Gasteiger partial charge < -0.3 is 13.6 Å². The van der Waals surface area contributed by atoms with Crippen LogP contribution < -0.4 is 26.0 Å². The normalized spacial score (nSPS) is 12.3. The van der Waals surface area contributed by atoms with Gasteiger partial charge >= 0.3 is 21.1 Å². The summed E-state index contributed by atoms with van der Waals surface area (Å²) in [6.45, 7) is -0.0610. The van der Waals surface area contributed by atoms with Gasteiger partial charge in [0.1, 0.15) is 17.2 Å². The molecule has 0 atom stereocenters. The summed E-state index contributed by atoms with van der Waals surface area (Å²) in [7, 11) is 0. The molecule has 10 aromatic rings. The number of imidazole rings is 2. The molecule has 0 radical (unpaired) electrons. The van der Waals surface area contributed by atoms with Crippen LogP contribution in [0.5, 0.6) is 11.5 Å². The molecule has 0 amide bonds. The zero-order chi connectivity index (χ0) is 34.2. The fourth-order valence-electron chi connectivity index (χ4n) is 7.60. The van der Waals surface area contributed by atoms with E-state index in [2.05, 4.69) is 74.9 Å². The van der Waals surface area contributed by atoms with Crippen LogP contribution in [0.1, 0.15) is 0 Å². The van der Waals surface area contributed by atoms with Crippen molar-refractivity contribution in [1.29, 1.82) is 0 Å². The molecule has 1 aliphatic heterocycles. The van der Waals surface area contributed by atoms with Crippen LogP contribution in [0.4, 0.5) is 17.4 Å². The first-order valence-electron chi connectivity index (χ1n) is 17.1. The van der Waals surface area contributed by atoms with E-state index < -0.39 is 0 Å². The van der Waals surface area contributed by atoms with Crippen molar-refractivity contribution in [3.05, 3.63) is 164 Å². The van der Waals surface area contributed by atoms with Crippen LogP contribution in [-0.2, 0) is 21.1 Å². The number of rotatable bonds is 5. The fourth-order valence-corrected chi connectivity index (χ4v) is 7.60. The summed E-state index contributed by atoms with van der Waals surface area (Å²) in [5.41, 5.74) is 8.57. The summed E-state index contributed by atoms with van der Waals surface area (Å²) >= 11 is 0. The summed E-state index contributed by atoms with van der Waals surface area (Å²) in [6.07, 6.45) is 3.60. The Labute approximate surface area is 318 Å². The molecule has 8 nitrogen and oxygen atoms in total. The SMILES string of the molecule is [Pt+2].[c-]1c(Oc2[c-]c3c(cc2)n2c4ccccc4nc2n3-c2ccccn2)cccc1N1c2ncccc2B(c2ccccc2)c2c1oc1ccccc21. The van der Waals surface area contributed by atoms with Crippen molar-refractivity contribution in [2.45, 2.75) is 0 Å². The van der Waals surface area contributed by atoms with Crippen molar-refractivity contribution in [1.82, 2.24) is 23.9 Å². The second-order valence-electron chi connectivity index (χ2n) is 12.7. The van der Waals surface area contributed by atoms with Crippen LogP contribution in [-0.4, -0.2) is 30.6 Å². The minimum atomic E-state index is -0.0610. The van der Waals surface area contributed by atoms with Crippen molar-refractivity contribution < 1.29 is 30.2 Å². The first-order valence-corrected chi connectivity index (χ1v) is 17.1. The molecule has 0 saturated carbocycles. The number of benzene rings is 5. The van der Waals surface area contributed by atoms with Gasteiger partial charge in [0.05, 0.1) is 11.0 Å². The predicted molar refractivity (Wildman–Crippen MR) is 205 cm³/mol. The first-order chi connectivity index (χ1) is 25.8. The Bertz CT molecular complexity index is 2980. The van der Waals surface area contributed by atoms with Gasteiger partial charge in [-0.15, -0.1) is 36.4 Å². The third-order valence-corrected chi connectivity index (χ3v) is 9.76. The molecule has 0 fully saturated rings. The van der Waals surface area contributed by atoms with Gasteiger partial charge in [0, 0.05) is 34.7 Å². The third kappa shape index (κ3) is 4.85. The van der Waals surface area contributed by atoms with Crippen LogP contribution in [0, 0.1) is 12.1 Å². The Morgan fingerprint density at radius 2 is 1.47 bits per heavy atom. The van der Waals surface area contributed by atoms with Crippen molar-refractivity contribution >= 4 is 79.3 Å². The summed E-state index contributed by atoms with van der Waals surface area (Å²) in [6, 6.07) is 53.8. The summed E-state index contributed by atoms with van der Waals surface area (Å²) in [4.78, 5) is 16.6. The number of hydrogen-bond donors (Lipinski definition) is 0. The zero-order valence-corrected chi connectivity index (χ0v) is 30.1. The second-order valence-corrected chi connectivity index (χ2v) is 12.7. The number of anilines is 3. The molecule has 0 bridgehead atoms. The molecule has 10 heteroatoms. The topological polar surface area (TPSA) is 73.6 Å². The average Bonchev–Trinajstić information content (AvgIpc) is 3.86. The van der Waals surface area contributed by atoms with Crippen molar-refractivity contribution in [2.75, 3.05) is 4.90 Å². The van der Waals surface area contributed by atoms with E-state index in [1.54, 1.807) is 6.20 Å². The molecule has 1 aliphatic rings. The Kier molecular flexibility index (Phi) is 7.30. The predicted octanol–water partition coefficient (Wildman–Crippen LogP) is 7.66. The number of furan rings is 1. The van der Waals surface area contributed by atoms with E-state index in [9.17, 15) is 0 Å². The van der Waals surface area contributed by atoms with Crippen molar-refractivity contribution in [2.24, 2.45) is 0 Å². The molecule has 0 spiro atoms. The molecule has 53 heavy (non-hydrogen) atoms. The molecular formula is C43H25BN6O2Pt. The monoisotopic (exact) mass is 863 g/mol. The number of ether oxygens (including phenoxy) is 1. The molecule has 5 aromatic carbocycles.